The van der Waals surface area contributed by atoms with E-state index in [4.69, 9.17) is 0 Å². The number of nitrogens with one attached hydrogen (secondary N) is 3. The zero-order chi connectivity index (χ0) is 32.7. The summed E-state index contributed by atoms with van der Waals surface area (Å²) in [6, 6.07) is 19.6. The van der Waals surface area contributed by atoms with Gasteiger partial charge in [-0.05, 0) is 48.1 Å². The van der Waals surface area contributed by atoms with Crippen LogP contribution in [0.2, 0.25) is 0 Å². The molecule has 0 fully saturated rings. The lowest BCUT2D eigenvalue weighted by Gasteiger charge is -2.24. The molecule has 0 radical (unpaired) electrons. The lowest BCUT2D eigenvalue weighted by molar-refractivity contribution is -0.202. The average molecular weight is 627 g/mol. The van der Waals surface area contributed by atoms with Crippen LogP contribution in [0.15, 0.2) is 79.0 Å². The third kappa shape index (κ3) is 12.0. The van der Waals surface area contributed by atoms with Crippen LogP contribution in [0.4, 0.5) is 19.0 Å². The fourth-order valence-corrected chi connectivity index (χ4v) is 4.47. The molecule has 45 heavy (non-hydrogen) atoms. The van der Waals surface area contributed by atoms with E-state index < -0.39 is 42.5 Å². The van der Waals surface area contributed by atoms with Crippen molar-refractivity contribution in [3.05, 3.63) is 84.6 Å². The quantitative estimate of drug-likeness (QED) is 0.103. The first kappa shape index (κ1) is 34.7. The third-order valence-electron chi connectivity index (χ3n) is 6.85. The molecule has 1 heterocycles. The number of esters is 2. The first-order chi connectivity index (χ1) is 21.6. The molecule has 0 aliphatic carbocycles. The number of hydrogen-bond acceptors (Lipinski definition) is 7. The van der Waals surface area contributed by atoms with Crippen LogP contribution in [0.5, 0.6) is 0 Å². The van der Waals surface area contributed by atoms with Crippen molar-refractivity contribution in [2.24, 2.45) is 0 Å². The third-order valence-corrected chi connectivity index (χ3v) is 6.85. The number of ether oxygens (including phenoxy) is 1. The minimum Gasteiger partial charge on any atom is -0.386 e. The zero-order valence-corrected chi connectivity index (χ0v) is 24.9. The minimum absolute atomic E-state index is 0.177. The van der Waals surface area contributed by atoms with Crippen LogP contribution in [-0.2, 0) is 23.9 Å². The number of amides is 2. The second-order valence-electron chi connectivity index (χ2n) is 10.4. The highest BCUT2D eigenvalue weighted by Gasteiger charge is 2.42. The van der Waals surface area contributed by atoms with Gasteiger partial charge in [-0.15, -0.1) is 0 Å². The summed E-state index contributed by atoms with van der Waals surface area (Å²) >= 11 is 0. The van der Waals surface area contributed by atoms with Crippen LogP contribution in [0.1, 0.15) is 63.5 Å². The normalized spacial score (nSPS) is 12.4. The number of hydrogen-bond donors (Lipinski definition) is 3. The Morgan fingerprint density at radius 3 is 2.18 bits per heavy atom. The molecule has 3 N–H and O–H groups in total. The number of alkyl halides is 3. The van der Waals surface area contributed by atoms with Gasteiger partial charge < -0.3 is 20.7 Å². The average Bonchev–Trinajstić information content (AvgIpc) is 3.03. The highest BCUT2D eigenvalue weighted by Crippen LogP contribution is 2.25. The number of carbonyl (C=O) groups is 4. The van der Waals surface area contributed by atoms with Crippen molar-refractivity contribution in [1.29, 1.82) is 0 Å². The number of halogens is 3. The van der Waals surface area contributed by atoms with Gasteiger partial charge in [0.2, 0.25) is 11.8 Å². The molecule has 1 aromatic heterocycles. The number of benzene rings is 2. The van der Waals surface area contributed by atoms with Gasteiger partial charge in [-0.2, -0.15) is 13.2 Å². The molecule has 2 atom stereocenters. The predicted octanol–water partition coefficient (Wildman–Crippen LogP) is 5.89. The molecule has 12 heteroatoms. The molecule has 9 nitrogen and oxygen atoms in total. The summed E-state index contributed by atoms with van der Waals surface area (Å²) in [5.41, 5.74) is 2.15. The van der Waals surface area contributed by atoms with E-state index in [1.165, 1.54) is 0 Å². The van der Waals surface area contributed by atoms with Crippen molar-refractivity contribution in [3.8, 4) is 11.1 Å². The lowest BCUT2D eigenvalue weighted by Crippen LogP contribution is -2.48. The van der Waals surface area contributed by atoms with Crippen molar-refractivity contribution in [3.63, 3.8) is 0 Å². The highest BCUT2D eigenvalue weighted by molar-refractivity contribution is 5.90. The number of anilines is 1. The van der Waals surface area contributed by atoms with E-state index in [9.17, 15) is 32.3 Å². The largest absolute Gasteiger partial charge is 0.491 e. The van der Waals surface area contributed by atoms with E-state index in [2.05, 4.69) is 25.7 Å². The van der Waals surface area contributed by atoms with Gasteiger partial charge in [0.1, 0.15) is 11.9 Å². The predicted molar refractivity (Wildman–Crippen MR) is 163 cm³/mol. The number of carbonyl (C=O) groups excluding carboxylic acids is 4. The second kappa shape index (κ2) is 17.5. The van der Waals surface area contributed by atoms with E-state index in [1.54, 1.807) is 30.5 Å². The van der Waals surface area contributed by atoms with Crippen molar-refractivity contribution < 1.29 is 37.1 Å². The monoisotopic (exact) mass is 626 g/mol. The Morgan fingerprint density at radius 2 is 1.53 bits per heavy atom. The van der Waals surface area contributed by atoms with Crippen molar-refractivity contribution in [1.82, 2.24) is 15.6 Å². The molecule has 2 aromatic carbocycles. The standard InChI is InChI=1S/C33H37F3N4O5/c1-2-3-13-26(39-29(41)15-8-10-21-38-28-14-7-9-20-37-28)31(43)40-27(22-30(42)45-32(44)33(34,35)36)25-18-16-24(17-19-25)23-11-5-4-6-12-23/h4-7,9,11-12,14,16-20,26-27H,2-3,8,10,13,15,21-22H2,1H3,(H,37,38)(H,39,41)(H,40,43)/t26-,27?/m1/s1. The maximum absolute atomic E-state index is 13.4. The van der Waals surface area contributed by atoms with Crippen molar-refractivity contribution >= 4 is 29.6 Å². The highest BCUT2D eigenvalue weighted by atomic mass is 19.4. The maximum Gasteiger partial charge on any atom is 0.491 e. The molecular weight excluding hydrogens is 589 g/mol. The van der Waals surface area contributed by atoms with Gasteiger partial charge in [-0.3, -0.25) is 14.4 Å². The van der Waals surface area contributed by atoms with Gasteiger partial charge in [0.05, 0.1) is 12.5 Å². The van der Waals surface area contributed by atoms with E-state index in [-0.39, 0.29) is 12.3 Å². The molecule has 0 saturated carbocycles. The van der Waals surface area contributed by atoms with Gasteiger partial charge in [0.15, 0.2) is 0 Å². The van der Waals surface area contributed by atoms with Crippen LogP contribution < -0.4 is 16.0 Å². The van der Waals surface area contributed by atoms with Gasteiger partial charge in [0.25, 0.3) is 0 Å². The molecule has 1 unspecified atom stereocenters. The van der Waals surface area contributed by atoms with Gasteiger partial charge in [-0.25, -0.2) is 9.78 Å². The summed E-state index contributed by atoms with van der Waals surface area (Å²) in [6.07, 6.45) is -1.32. The summed E-state index contributed by atoms with van der Waals surface area (Å²) in [4.78, 5) is 53.9. The topological polar surface area (TPSA) is 126 Å². The Labute approximate surface area is 260 Å². The Hall–Kier alpha value is -4.74. The van der Waals surface area contributed by atoms with Crippen molar-refractivity contribution in [2.45, 2.75) is 70.1 Å². The molecule has 0 aliphatic rings. The molecule has 3 rings (SSSR count). The molecule has 0 bridgehead atoms. The summed E-state index contributed by atoms with van der Waals surface area (Å²) in [5, 5.41) is 8.59. The number of aromatic nitrogens is 1. The van der Waals surface area contributed by atoms with E-state index in [1.807, 2.05) is 55.5 Å². The summed E-state index contributed by atoms with van der Waals surface area (Å²) in [5.74, 6) is -4.30. The number of nitrogens with zero attached hydrogens (tertiary/aromatic N) is 1. The molecule has 3 aromatic rings. The van der Waals surface area contributed by atoms with Crippen LogP contribution in [0.3, 0.4) is 0 Å². The maximum atomic E-state index is 13.4. The first-order valence-corrected chi connectivity index (χ1v) is 14.8. The molecule has 2 amide bonds. The van der Waals surface area contributed by atoms with E-state index in [0.29, 0.717) is 37.8 Å². The molecule has 240 valence electrons. The van der Waals surface area contributed by atoms with Crippen LogP contribution >= 0.6 is 0 Å². The van der Waals surface area contributed by atoms with Gasteiger partial charge in [-0.1, -0.05) is 80.4 Å². The SMILES string of the molecule is CCCC[C@@H](NC(=O)CCCCNc1ccccn1)C(=O)NC(CC(=O)OC(=O)C(F)(F)F)c1ccc(-c2ccccc2)cc1. The van der Waals surface area contributed by atoms with Gasteiger partial charge >= 0.3 is 18.1 Å². The minimum atomic E-state index is -5.35. The van der Waals surface area contributed by atoms with E-state index >= 15 is 0 Å². The molecule has 0 aliphatic heterocycles. The smallest absolute Gasteiger partial charge is 0.386 e. The first-order valence-electron chi connectivity index (χ1n) is 14.8. The number of unbranched alkanes of at least 4 members (excludes halogenated alkanes) is 2. The lowest BCUT2D eigenvalue weighted by atomic mass is 9.98. The summed E-state index contributed by atoms with van der Waals surface area (Å²) in [7, 11) is 0. The van der Waals surface area contributed by atoms with Gasteiger partial charge in [0, 0.05) is 19.2 Å². The van der Waals surface area contributed by atoms with Crippen LogP contribution in [0, 0.1) is 0 Å². The molecule has 0 saturated heterocycles. The Balaban J connectivity index is 1.67. The molecule has 0 spiro atoms. The van der Waals surface area contributed by atoms with Crippen LogP contribution in [-0.4, -0.2) is 47.5 Å². The van der Waals surface area contributed by atoms with Crippen LogP contribution in [0.25, 0.3) is 11.1 Å². The fraction of sp³-hybridized carbons (Fsp3) is 0.364. The molecular formula is C33H37F3N4O5. The summed E-state index contributed by atoms with van der Waals surface area (Å²) in [6.45, 7) is 2.54. The zero-order valence-electron chi connectivity index (χ0n) is 24.9. The summed E-state index contributed by atoms with van der Waals surface area (Å²) < 4.78 is 42.1. The fourth-order valence-electron chi connectivity index (χ4n) is 4.47. The van der Waals surface area contributed by atoms with Crippen molar-refractivity contribution in [2.75, 3.05) is 11.9 Å². The second-order valence-corrected chi connectivity index (χ2v) is 10.4. The number of pyridine rings is 1. The van der Waals surface area contributed by atoms with E-state index in [0.717, 1.165) is 23.4 Å². The number of rotatable bonds is 16. The Kier molecular flexibility index (Phi) is 13.5. The Bertz CT molecular complexity index is 1390. The Morgan fingerprint density at radius 1 is 0.844 bits per heavy atom.